The molecule has 0 aliphatic heterocycles. The Bertz CT molecular complexity index is 1060. The van der Waals surface area contributed by atoms with E-state index in [0.717, 1.165) is 16.3 Å². The Morgan fingerprint density at radius 1 is 1.07 bits per heavy atom. The van der Waals surface area contributed by atoms with E-state index in [4.69, 9.17) is 0 Å². The van der Waals surface area contributed by atoms with Crippen molar-refractivity contribution in [1.29, 1.82) is 0 Å². The number of carbonyl (C=O) groups excluding carboxylic acids is 1. The van der Waals surface area contributed by atoms with Gasteiger partial charge < -0.3 is 5.32 Å². The van der Waals surface area contributed by atoms with Gasteiger partial charge in [-0.3, -0.25) is 14.9 Å². The second-order valence-corrected chi connectivity index (χ2v) is 7.24. The SMILES string of the molecule is Cc1cc(C)nc(Sc2ccc(NC(=O)/C=C/c3ccccc3[N+](=O)[O-])cc2)n1. The van der Waals surface area contributed by atoms with Gasteiger partial charge in [0.2, 0.25) is 5.91 Å². The van der Waals surface area contributed by atoms with Gasteiger partial charge in [-0.15, -0.1) is 0 Å². The summed E-state index contributed by atoms with van der Waals surface area (Å²) in [6, 6.07) is 15.5. The molecule has 1 heterocycles. The van der Waals surface area contributed by atoms with Gasteiger partial charge in [-0.2, -0.15) is 0 Å². The van der Waals surface area contributed by atoms with Gasteiger partial charge in [0.05, 0.1) is 10.5 Å². The summed E-state index contributed by atoms with van der Waals surface area (Å²) in [6.07, 6.45) is 2.70. The third-order valence-corrected chi connectivity index (χ3v) is 4.71. The van der Waals surface area contributed by atoms with Gasteiger partial charge in [0, 0.05) is 34.1 Å². The number of amides is 1. The zero-order chi connectivity index (χ0) is 20.8. The Morgan fingerprint density at radius 2 is 1.72 bits per heavy atom. The molecule has 1 N–H and O–H groups in total. The predicted molar refractivity (Wildman–Crippen MR) is 113 cm³/mol. The van der Waals surface area contributed by atoms with Crippen LogP contribution in [0.1, 0.15) is 17.0 Å². The van der Waals surface area contributed by atoms with Crippen LogP contribution in [0.25, 0.3) is 6.08 Å². The Labute approximate surface area is 172 Å². The summed E-state index contributed by atoms with van der Waals surface area (Å²) in [7, 11) is 0. The predicted octanol–water partition coefficient (Wildman–Crippen LogP) is 4.80. The Balaban J connectivity index is 1.63. The third kappa shape index (κ3) is 5.73. The number of aromatic nitrogens is 2. The maximum absolute atomic E-state index is 12.1. The van der Waals surface area contributed by atoms with Crippen LogP contribution in [0, 0.1) is 24.0 Å². The van der Waals surface area contributed by atoms with Crippen LogP contribution in [0.5, 0.6) is 0 Å². The highest BCUT2D eigenvalue weighted by Crippen LogP contribution is 2.26. The summed E-state index contributed by atoms with van der Waals surface area (Å²) in [6.45, 7) is 3.85. The van der Waals surface area contributed by atoms with E-state index in [1.54, 1.807) is 30.3 Å². The first-order valence-corrected chi connectivity index (χ1v) is 9.55. The van der Waals surface area contributed by atoms with Crippen LogP contribution < -0.4 is 5.32 Å². The number of carbonyl (C=O) groups is 1. The standard InChI is InChI=1S/C21H18N4O3S/c1-14-13-15(2)23-21(22-14)29-18-10-8-17(9-11-18)24-20(26)12-7-16-5-3-4-6-19(16)25(27)28/h3-13H,1-2H3,(H,24,26)/b12-7+. The number of rotatable bonds is 6. The molecule has 7 nitrogen and oxygen atoms in total. The van der Waals surface area contributed by atoms with Crippen molar-refractivity contribution in [1.82, 2.24) is 9.97 Å². The topological polar surface area (TPSA) is 98.0 Å². The van der Waals surface area contributed by atoms with E-state index in [2.05, 4.69) is 15.3 Å². The van der Waals surface area contributed by atoms with Crippen LogP contribution in [0.4, 0.5) is 11.4 Å². The highest BCUT2D eigenvalue weighted by molar-refractivity contribution is 7.99. The lowest BCUT2D eigenvalue weighted by atomic mass is 10.1. The van der Waals surface area contributed by atoms with E-state index in [0.29, 0.717) is 16.4 Å². The van der Waals surface area contributed by atoms with E-state index < -0.39 is 4.92 Å². The molecule has 1 aromatic heterocycles. The van der Waals surface area contributed by atoms with Crippen LogP contribution in [-0.2, 0) is 4.79 Å². The van der Waals surface area contributed by atoms with Crippen molar-refractivity contribution in [3.63, 3.8) is 0 Å². The molecule has 0 fully saturated rings. The molecule has 29 heavy (non-hydrogen) atoms. The fraction of sp³-hybridized carbons (Fsp3) is 0.0952. The number of nitrogens with one attached hydrogen (secondary N) is 1. The van der Waals surface area contributed by atoms with Gasteiger partial charge in [-0.25, -0.2) is 9.97 Å². The first-order chi connectivity index (χ1) is 13.9. The number of hydrogen-bond acceptors (Lipinski definition) is 6. The van der Waals surface area contributed by atoms with E-state index in [-0.39, 0.29) is 11.6 Å². The van der Waals surface area contributed by atoms with Crippen molar-refractivity contribution in [2.75, 3.05) is 5.32 Å². The van der Waals surface area contributed by atoms with Gasteiger partial charge in [0.25, 0.3) is 5.69 Å². The zero-order valence-electron chi connectivity index (χ0n) is 15.8. The van der Waals surface area contributed by atoms with E-state index >= 15 is 0 Å². The van der Waals surface area contributed by atoms with Crippen molar-refractivity contribution in [3.8, 4) is 0 Å². The smallest absolute Gasteiger partial charge is 0.276 e. The quantitative estimate of drug-likeness (QED) is 0.273. The maximum atomic E-state index is 12.1. The number of nitrogens with zero attached hydrogens (tertiary/aromatic N) is 3. The van der Waals surface area contributed by atoms with Crippen molar-refractivity contribution in [3.05, 3.63) is 87.7 Å². The van der Waals surface area contributed by atoms with Gasteiger partial charge in [0.1, 0.15) is 0 Å². The van der Waals surface area contributed by atoms with Gasteiger partial charge in [-0.05, 0) is 68.1 Å². The zero-order valence-corrected chi connectivity index (χ0v) is 16.6. The molecule has 0 saturated carbocycles. The van der Waals surface area contributed by atoms with Crippen LogP contribution in [0.3, 0.4) is 0 Å². The lowest BCUT2D eigenvalue weighted by Gasteiger charge is -2.05. The average molecular weight is 406 g/mol. The molecule has 0 aliphatic rings. The number of nitro groups is 1. The van der Waals surface area contributed by atoms with Crippen molar-refractivity contribution in [2.24, 2.45) is 0 Å². The third-order valence-electron chi connectivity index (χ3n) is 3.84. The molecule has 0 atom stereocenters. The fourth-order valence-electron chi connectivity index (χ4n) is 2.60. The lowest BCUT2D eigenvalue weighted by molar-refractivity contribution is -0.385. The summed E-state index contributed by atoms with van der Waals surface area (Å²) in [5, 5.41) is 14.4. The molecule has 0 radical (unpaired) electrons. The molecule has 0 saturated heterocycles. The summed E-state index contributed by atoms with van der Waals surface area (Å²) in [4.78, 5) is 32.4. The number of hydrogen-bond donors (Lipinski definition) is 1. The maximum Gasteiger partial charge on any atom is 0.276 e. The van der Waals surface area contributed by atoms with E-state index in [1.807, 2.05) is 32.0 Å². The molecule has 3 rings (SSSR count). The van der Waals surface area contributed by atoms with Crippen molar-refractivity contribution < 1.29 is 9.72 Å². The number of anilines is 1. The molecule has 3 aromatic rings. The molecule has 0 unspecified atom stereocenters. The summed E-state index contributed by atoms with van der Waals surface area (Å²) < 4.78 is 0. The largest absolute Gasteiger partial charge is 0.323 e. The molecular formula is C21H18N4O3S. The van der Waals surface area contributed by atoms with Gasteiger partial charge >= 0.3 is 0 Å². The number of nitro benzene ring substituents is 1. The van der Waals surface area contributed by atoms with Crippen LogP contribution in [-0.4, -0.2) is 20.8 Å². The second kappa shape index (κ2) is 9.11. The number of benzene rings is 2. The minimum Gasteiger partial charge on any atom is -0.323 e. The first-order valence-electron chi connectivity index (χ1n) is 8.73. The summed E-state index contributed by atoms with van der Waals surface area (Å²) in [5.41, 5.74) is 2.76. The number of aryl methyl sites for hydroxylation is 2. The fourth-order valence-corrected chi connectivity index (χ4v) is 3.46. The Kier molecular flexibility index (Phi) is 6.36. The first kappa shape index (κ1) is 20.2. The Morgan fingerprint density at radius 3 is 2.38 bits per heavy atom. The van der Waals surface area contributed by atoms with Gasteiger partial charge in [0.15, 0.2) is 5.16 Å². The summed E-state index contributed by atoms with van der Waals surface area (Å²) in [5.74, 6) is -0.374. The second-order valence-electron chi connectivity index (χ2n) is 6.20. The minimum absolute atomic E-state index is 0.0495. The average Bonchev–Trinajstić information content (AvgIpc) is 2.67. The van der Waals surface area contributed by atoms with Crippen molar-refractivity contribution >= 4 is 35.1 Å². The monoisotopic (exact) mass is 406 g/mol. The van der Waals surface area contributed by atoms with E-state index in [9.17, 15) is 14.9 Å². The highest BCUT2D eigenvalue weighted by Gasteiger charge is 2.10. The Hall–Kier alpha value is -3.52. The molecule has 0 spiro atoms. The number of para-hydroxylation sites is 1. The molecular weight excluding hydrogens is 388 g/mol. The molecule has 0 bridgehead atoms. The molecule has 0 aliphatic carbocycles. The van der Waals surface area contributed by atoms with Crippen LogP contribution in [0.15, 0.2) is 70.7 Å². The van der Waals surface area contributed by atoms with E-state index in [1.165, 1.54) is 30.0 Å². The summed E-state index contributed by atoms with van der Waals surface area (Å²) >= 11 is 1.44. The molecule has 2 aromatic carbocycles. The minimum atomic E-state index is -0.479. The molecule has 1 amide bonds. The van der Waals surface area contributed by atoms with Crippen LogP contribution >= 0.6 is 11.8 Å². The molecule has 8 heteroatoms. The van der Waals surface area contributed by atoms with Crippen molar-refractivity contribution in [2.45, 2.75) is 23.9 Å². The van der Waals surface area contributed by atoms with Gasteiger partial charge in [-0.1, -0.05) is 12.1 Å². The normalized spacial score (nSPS) is 10.8. The van der Waals surface area contributed by atoms with Crippen LogP contribution in [0.2, 0.25) is 0 Å². The highest BCUT2D eigenvalue weighted by atomic mass is 32.2. The lowest BCUT2D eigenvalue weighted by Crippen LogP contribution is -2.07. The molecule has 146 valence electrons.